The standard InChI is InChI=1S/C17H14ClN3O3S/c1-11-5-7-13(10-15(11)18)19-17(25)20-16(22)8-6-12-3-2-4-14(9-12)21(23)24/h2-10H,1H3,(H2,19,20,22,25). The van der Waals surface area contributed by atoms with Crippen LogP contribution in [0.1, 0.15) is 11.1 Å². The Hall–Kier alpha value is -2.77. The molecule has 0 unspecified atom stereocenters. The van der Waals surface area contributed by atoms with Crippen LogP contribution in [-0.2, 0) is 4.79 Å². The second-order valence-electron chi connectivity index (χ2n) is 5.09. The Morgan fingerprint density at radius 1 is 1.28 bits per heavy atom. The summed E-state index contributed by atoms with van der Waals surface area (Å²) in [6.45, 7) is 1.88. The molecule has 0 aliphatic carbocycles. The largest absolute Gasteiger partial charge is 0.332 e. The fourth-order valence-corrected chi connectivity index (χ4v) is 2.30. The molecule has 2 N–H and O–H groups in total. The van der Waals surface area contributed by atoms with Crippen LogP contribution in [0.5, 0.6) is 0 Å². The molecule has 0 aromatic heterocycles. The number of aryl methyl sites for hydroxylation is 1. The number of nitrogens with zero attached hydrogens (tertiary/aromatic N) is 1. The van der Waals surface area contributed by atoms with Crippen molar-refractivity contribution in [2.45, 2.75) is 6.92 Å². The molecular weight excluding hydrogens is 362 g/mol. The van der Waals surface area contributed by atoms with Gasteiger partial charge in [-0.3, -0.25) is 20.2 Å². The van der Waals surface area contributed by atoms with Crippen LogP contribution in [0, 0.1) is 17.0 Å². The van der Waals surface area contributed by atoms with E-state index in [1.54, 1.807) is 24.3 Å². The SMILES string of the molecule is Cc1ccc(NC(=S)NC(=O)C=Cc2cccc([N+](=O)[O-])c2)cc1Cl. The van der Waals surface area contributed by atoms with E-state index in [9.17, 15) is 14.9 Å². The molecule has 0 saturated heterocycles. The number of hydrogen-bond acceptors (Lipinski definition) is 4. The van der Waals surface area contributed by atoms with Gasteiger partial charge in [-0.2, -0.15) is 0 Å². The van der Waals surface area contributed by atoms with Crippen molar-refractivity contribution < 1.29 is 9.72 Å². The second kappa shape index (κ2) is 8.36. The third kappa shape index (κ3) is 5.66. The van der Waals surface area contributed by atoms with Crippen molar-refractivity contribution in [2.24, 2.45) is 0 Å². The molecule has 25 heavy (non-hydrogen) atoms. The predicted molar refractivity (Wildman–Crippen MR) is 103 cm³/mol. The number of nitro groups is 1. The van der Waals surface area contributed by atoms with Gasteiger partial charge in [-0.25, -0.2) is 0 Å². The third-order valence-corrected chi connectivity index (χ3v) is 3.79. The minimum absolute atomic E-state index is 0.0454. The predicted octanol–water partition coefficient (Wildman–Crippen LogP) is 4.08. The van der Waals surface area contributed by atoms with Crippen LogP contribution in [-0.4, -0.2) is 15.9 Å². The molecule has 1 amide bonds. The highest BCUT2D eigenvalue weighted by atomic mass is 35.5. The van der Waals surface area contributed by atoms with Crippen LogP contribution in [0.3, 0.4) is 0 Å². The van der Waals surface area contributed by atoms with Crippen LogP contribution in [0.25, 0.3) is 6.08 Å². The highest BCUT2D eigenvalue weighted by Crippen LogP contribution is 2.19. The van der Waals surface area contributed by atoms with Crippen molar-refractivity contribution in [3.8, 4) is 0 Å². The van der Waals surface area contributed by atoms with Gasteiger partial charge in [0.05, 0.1) is 4.92 Å². The van der Waals surface area contributed by atoms with Gasteiger partial charge in [-0.1, -0.05) is 29.8 Å². The van der Waals surface area contributed by atoms with E-state index in [1.165, 1.54) is 24.3 Å². The Morgan fingerprint density at radius 3 is 2.72 bits per heavy atom. The number of thiocarbonyl (C=S) groups is 1. The van der Waals surface area contributed by atoms with Crippen LogP contribution in [0.15, 0.2) is 48.5 Å². The molecule has 0 saturated carbocycles. The summed E-state index contributed by atoms with van der Waals surface area (Å²) in [5.74, 6) is -0.456. The molecule has 128 valence electrons. The molecule has 0 atom stereocenters. The maximum atomic E-state index is 11.9. The molecule has 6 nitrogen and oxygen atoms in total. The first-order chi connectivity index (χ1) is 11.8. The number of carbonyl (C=O) groups is 1. The second-order valence-corrected chi connectivity index (χ2v) is 5.91. The number of amides is 1. The van der Waals surface area contributed by atoms with Gasteiger partial charge in [0, 0.05) is 28.9 Å². The Bertz CT molecular complexity index is 868. The summed E-state index contributed by atoms with van der Waals surface area (Å²) in [5.41, 5.74) is 2.08. The van der Waals surface area contributed by atoms with E-state index in [1.807, 2.05) is 13.0 Å². The average molecular weight is 376 g/mol. The number of carbonyl (C=O) groups excluding carboxylic acids is 1. The Balaban J connectivity index is 1.94. The zero-order valence-corrected chi connectivity index (χ0v) is 14.7. The number of nitro benzene ring substituents is 1. The number of rotatable bonds is 4. The molecule has 0 aliphatic heterocycles. The molecule has 0 bridgehead atoms. The summed E-state index contributed by atoms with van der Waals surface area (Å²) in [4.78, 5) is 22.1. The highest BCUT2D eigenvalue weighted by Gasteiger charge is 2.05. The maximum absolute atomic E-state index is 11.9. The van der Waals surface area contributed by atoms with Gasteiger partial charge in [0.1, 0.15) is 0 Å². The van der Waals surface area contributed by atoms with E-state index in [4.69, 9.17) is 23.8 Å². The van der Waals surface area contributed by atoms with Crippen LogP contribution < -0.4 is 10.6 Å². The third-order valence-electron chi connectivity index (χ3n) is 3.17. The maximum Gasteiger partial charge on any atom is 0.270 e. The van der Waals surface area contributed by atoms with E-state index in [2.05, 4.69) is 10.6 Å². The first-order valence-electron chi connectivity index (χ1n) is 7.16. The van der Waals surface area contributed by atoms with Gasteiger partial charge in [0.15, 0.2) is 5.11 Å². The number of benzene rings is 2. The molecule has 2 aromatic carbocycles. The van der Waals surface area contributed by atoms with Crippen molar-refractivity contribution in [3.63, 3.8) is 0 Å². The molecule has 0 heterocycles. The highest BCUT2D eigenvalue weighted by molar-refractivity contribution is 7.80. The summed E-state index contributed by atoms with van der Waals surface area (Å²) in [6, 6.07) is 11.3. The van der Waals surface area contributed by atoms with Crippen molar-refractivity contribution in [1.82, 2.24) is 5.32 Å². The molecule has 2 aromatic rings. The smallest absolute Gasteiger partial charge is 0.270 e. The normalized spacial score (nSPS) is 10.5. The molecule has 0 aliphatic rings. The first-order valence-corrected chi connectivity index (χ1v) is 7.94. The molecule has 0 radical (unpaired) electrons. The Labute approximate surface area is 154 Å². The number of anilines is 1. The van der Waals surface area contributed by atoms with E-state index >= 15 is 0 Å². The first kappa shape index (κ1) is 18.6. The van der Waals surface area contributed by atoms with E-state index in [-0.39, 0.29) is 10.8 Å². The van der Waals surface area contributed by atoms with Crippen molar-refractivity contribution >= 4 is 52.3 Å². The van der Waals surface area contributed by atoms with Crippen molar-refractivity contribution in [2.75, 3.05) is 5.32 Å². The van der Waals surface area contributed by atoms with Crippen LogP contribution in [0.2, 0.25) is 5.02 Å². The molecular formula is C17H14ClN3O3S. The summed E-state index contributed by atoms with van der Waals surface area (Å²) >= 11 is 11.1. The Morgan fingerprint density at radius 2 is 2.04 bits per heavy atom. The molecule has 2 rings (SSSR count). The number of halogens is 1. The van der Waals surface area contributed by atoms with Crippen LogP contribution >= 0.6 is 23.8 Å². The average Bonchev–Trinajstić information content (AvgIpc) is 2.56. The lowest BCUT2D eigenvalue weighted by atomic mass is 10.2. The fraction of sp³-hybridized carbons (Fsp3) is 0.0588. The number of non-ortho nitro benzene ring substituents is 1. The lowest BCUT2D eigenvalue weighted by Gasteiger charge is -2.09. The van der Waals surface area contributed by atoms with Gasteiger partial charge in [-0.05, 0) is 48.5 Å². The number of hydrogen-bond donors (Lipinski definition) is 2. The van der Waals surface area contributed by atoms with Crippen LogP contribution in [0.4, 0.5) is 11.4 Å². The zero-order chi connectivity index (χ0) is 18.4. The lowest BCUT2D eigenvalue weighted by molar-refractivity contribution is -0.384. The number of nitrogens with one attached hydrogen (secondary N) is 2. The van der Waals surface area contributed by atoms with Crippen molar-refractivity contribution in [1.29, 1.82) is 0 Å². The summed E-state index contributed by atoms with van der Waals surface area (Å²) in [5, 5.41) is 16.8. The molecule has 0 fully saturated rings. The summed E-state index contributed by atoms with van der Waals surface area (Å²) in [7, 11) is 0. The van der Waals surface area contributed by atoms with E-state index in [0.29, 0.717) is 16.3 Å². The molecule has 0 spiro atoms. The van der Waals surface area contributed by atoms with Gasteiger partial charge in [0.25, 0.3) is 5.69 Å². The van der Waals surface area contributed by atoms with Gasteiger partial charge < -0.3 is 5.32 Å². The monoisotopic (exact) mass is 375 g/mol. The summed E-state index contributed by atoms with van der Waals surface area (Å²) < 4.78 is 0. The zero-order valence-electron chi connectivity index (χ0n) is 13.2. The van der Waals surface area contributed by atoms with Gasteiger partial charge >= 0.3 is 0 Å². The topological polar surface area (TPSA) is 84.3 Å². The fourth-order valence-electron chi connectivity index (χ4n) is 1.90. The Kier molecular flexibility index (Phi) is 6.21. The van der Waals surface area contributed by atoms with Crippen molar-refractivity contribution in [3.05, 3.63) is 74.8 Å². The lowest BCUT2D eigenvalue weighted by Crippen LogP contribution is -2.32. The van der Waals surface area contributed by atoms with Gasteiger partial charge in [0.2, 0.25) is 5.91 Å². The minimum Gasteiger partial charge on any atom is -0.332 e. The quantitative estimate of drug-likeness (QED) is 0.364. The van der Waals surface area contributed by atoms with E-state index < -0.39 is 10.8 Å². The van der Waals surface area contributed by atoms with Gasteiger partial charge in [-0.15, -0.1) is 0 Å². The minimum atomic E-state index is -0.497. The molecule has 8 heteroatoms. The van der Waals surface area contributed by atoms with E-state index in [0.717, 1.165) is 5.56 Å². The summed E-state index contributed by atoms with van der Waals surface area (Å²) in [6.07, 6.45) is 2.71.